The van der Waals surface area contributed by atoms with Crippen LogP contribution >= 0.6 is 0 Å². The fraction of sp³-hybridized carbons (Fsp3) is 0.200. The number of carbonyl (C=O) groups is 2. The van der Waals surface area contributed by atoms with Gasteiger partial charge in [0.05, 0.1) is 6.54 Å². The third-order valence-corrected chi connectivity index (χ3v) is 5.03. The van der Waals surface area contributed by atoms with Gasteiger partial charge in [-0.1, -0.05) is 36.4 Å². The molecule has 1 aromatic heterocycles. The number of hydrogen-bond donors (Lipinski definition) is 0. The Hall–Kier alpha value is -3.67. The molecule has 31 heavy (non-hydrogen) atoms. The topological polar surface area (TPSA) is 45.6 Å². The predicted octanol–water partition coefficient (Wildman–Crippen LogP) is 4.02. The van der Waals surface area contributed by atoms with Gasteiger partial charge in [-0.25, -0.2) is 4.39 Å². The van der Waals surface area contributed by atoms with E-state index >= 15 is 0 Å². The summed E-state index contributed by atoms with van der Waals surface area (Å²) < 4.78 is 15.2. The maximum atomic E-state index is 13.3. The summed E-state index contributed by atoms with van der Waals surface area (Å²) in [5.74, 6) is -0.936. The highest BCUT2D eigenvalue weighted by Crippen LogP contribution is 2.13. The molecule has 3 rings (SSSR count). The molecule has 0 saturated carbocycles. The van der Waals surface area contributed by atoms with Crippen molar-refractivity contribution in [1.82, 2.24) is 14.4 Å². The summed E-state index contributed by atoms with van der Waals surface area (Å²) in [6.45, 7) is 4.67. The Bertz CT molecular complexity index is 1030. The van der Waals surface area contributed by atoms with Crippen LogP contribution in [0.4, 0.5) is 4.39 Å². The summed E-state index contributed by atoms with van der Waals surface area (Å²) in [7, 11) is 1.93. The minimum absolute atomic E-state index is 0.0977. The molecule has 160 valence electrons. The standard InChI is InChI=1S/C25H26FN3O2/c1-3-15-28(25(31)21-11-13-22(26)14-12-21)19-24(30)29(17-20-8-5-4-6-9-20)18-23-10-7-16-27(23)2/h3-14,16H,1,15,17-19H2,2H3. The van der Waals surface area contributed by atoms with Gasteiger partial charge in [0.1, 0.15) is 12.4 Å². The summed E-state index contributed by atoms with van der Waals surface area (Å²) in [6.07, 6.45) is 3.51. The lowest BCUT2D eigenvalue weighted by molar-refractivity contribution is -0.133. The molecule has 3 aromatic rings. The minimum atomic E-state index is -0.417. The number of hydrogen-bond acceptors (Lipinski definition) is 2. The van der Waals surface area contributed by atoms with E-state index in [0.717, 1.165) is 11.3 Å². The molecule has 0 bridgehead atoms. The third-order valence-electron chi connectivity index (χ3n) is 5.03. The molecule has 0 saturated heterocycles. The number of aromatic nitrogens is 1. The first-order valence-electron chi connectivity index (χ1n) is 10.1. The molecule has 0 aliphatic heterocycles. The number of carbonyl (C=O) groups excluding carboxylic acids is 2. The van der Waals surface area contributed by atoms with Gasteiger partial charge in [-0.15, -0.1) is 6.58 Å². The molecule has 0 spiro atoms. The van der Waals surface area contributed by atoms with E-state index < -0.39 is 5.82 Å². The van der Waals surface area contributed by atoms with Gasteiger partial charge < -0.3 is 14.4 Å². The van der Waals surface area contributed by atoms with E-state index in [0.29, 0.717) is 18.7 Å². The predicted molar refractivity (Wildman–Crippen MR) is 119 cm³/mol. The lowest BCUT2D eigenvalue weighted by Gasteiger charge is -2.27. The smallest absolute Gasteiger partial charge is 0.254 e. The number of rotatable bonds is 9. The van der Waals surface area contributed by atoms with E-state index in [2.05, 4.69) is 6.58 Å². The molecule has 0 unspecified atom stereocenters. The van der Waals surface area contributed by atoms with Crippen molar-refractivity contribution >= 4 is 11.8 Å². The third kappa shape index (κ3) is 5.92. The highest BCUT2D eigenvalue weighted by atomic mass is 19.1. The molecular weight excluding hydrogens is 393 g/mol. The molecule has 0 aliphatic carbocycles. The van der Waals surface area contributed by atoms with Crippen LogP contribution in [0.1, 0.15) is 21.6 Å². The summed E-state index contributed by atoms with van der Waals surface area (Å²) in [5, 5.41) is 0. The number of aryl methyl sites for hydroxylation is 1. The first kappa shape index (κ1) is 22.0. The van der Waals surface area contributed by atoms with E-state index in [9.17, 15) is 14.0 Å². The van der Waals surface area contributed by atoms with Gasteiger partial charge in [0.25, 0.3) is 5.91 Å². The van der Waals surface area contributed by atoms with Crippen molar-refractivity contribution in [2.24, 2.45) is 7.05 Å². The second kappa shape index (κ2) is 10.4. The normalized spacial score (nSPS) is 10.5. The zero-order valence-corrected chi connectivity index (χ0v) is 17.6. The van der Waals surface area contributed by atoms with Crippen LogP contribution in [0.25, 0.3) is 0 Å². The van der Waals surface area contributed by atoms with Crippen LogP contribution < -0.4 is 0 Å². The summed E-state index contributed by atoms with van der Waals surface area (Å²) in [5.41, 5.74) is 2.32. The quantitative estimate of drug-likeness (QED) is 0.492. The molecule has 0 N–H and O–H groups in total. The van der Waals surface area contributed by atoms with Crippen molar-refractivity contribution in [2.45, 2.75) is 13.1 Å². The second-order valence-corrected chi connectivity index (χ2v) is 7.33. The van der Waals surface area contributed by atoms with Gasteiger partial charge in [0.15, 0.2) is 0 Å². The van der Waals surface area contributed by atoms with Gasteiger partial charge in [0, 0.05) is 37.6 Å². The van der Waals surface area contributed by atoms with Gasteiger partial charge in [0.2, 0.25) is 5.91 Å². The Morgan fingerprint density at radius 3 is 2.29 bits per heavy atom. The molecule has 2 aromatic carbocycles. The maximum absolute atomic E-state index is 13.3. The SMILES string of the molecule is C=CCN(CC(=O)N(Cc1ccccc1)Cc1cccn1C)C(=O)c1ccc(F)cc1. The average Bonchev–Trinajstić information content (AvgIpc) is 3.18. The van der Waals surface area contributed by atoms with E-state index in [4.69, 9.17) is 0 Å². The molecule has 0 fully saturated rings. The fourth-order valence-electron chi connectivity index (χ4n) is 3.31. The van der Waals surface area contributed by atoms with E-state index in [-0.39, 0.29) is 24.9 Å². The van der Waals surface area contributed by atoms with Gasteiger partial charge in [-0.3, -0.25) is 9.59 Å². The monoisotopic (exact) mass is 419 g/mol. The Balaban J connectivity index is 1.80. The van der Waals surface area contributed by atoms with Crippen LogP contribution in [0.5, 0.6) is 0 Å². The van der Waals surface area contributed by atoms with Crippen LogP contribution in [0.3, 0.4) is 0 Å². The Kier molecular flexibility index (Phi) is 7.38. The van der Waals surface area contributed by atoms with Gasteiger partial charge >= 0.3 is 0 Å². The van der Waals surface area contributed by atoms with Crippen molar-refractivity contribution in [1.29, 1.82) is 0 Å². The maximum Gasteiger partial charge on any atom is 0.254 e. The molecule has 5 nitrogen and oxygen atoms in total. The Morgan fingerprint density at radius 2 is 1.68 bits per heavy atom. The van der Waals surface area contributed by atoms with E-state index in [1.807, 2.05) is 60.3 Å². The number of nitrogens with zero attached hydrogens (tertiary/aromatic N) is 3. The Morgan fingerprint density at radius 1 is 0.968 bits per heavy atom. The van der Waals surface area contributed by atoms with Crippen LogP contribution in [0.15, 0.2) is 85.6 Å². The van der Waals surface area contributed by atoms with E-state index in [1.165, 1.54) is 29.2 Å². The highest BCUT2D eigenvalue weighted by molar-refractivity contribution is 5.96. The average molecular weight is 420 g/mol. The van der Waals surface area contributed by atoms with Crippen LogP contribution in [-0.2, 0) is 24.9 Å². The molecule has 1 heterocycles. The highest BCUT2D eigenvalue weighted by Gasteiger charge is 2.22. The summed E-state index contributed by atoms with van der Waals surface area (Å²) >= 11 is 0. The zero-order valence-electron chi connectivity index (χ0n) is 17.6. The summed E-state index contributed by atoms with van der Waals surface area (Å²) in [6, 6.07) is 18.9. The molecule has 6 heteroatoms. The van der Waals surface area contributed by atoms with Crippen LogP contribution in [0, 0.1) is 5.82 Å². The van der Waals surface area contributed by atoms with Crippen molar-refractivity contribution in [3.05, 3.63) is 108 Å². The van der Waals surface area contributed by atoms with Crippen molar-refractivity contribution < 1.29 is 14.0 Å². The number of amides is 2. The lowest BCUT2D eigenvalue weighted by Crippen LogP contribution is -2.42. The second-order valence-electron chi connectivity index (χ2n) is 7.33. The molecule has 2 amide bonds. The first-order valence-corrected chi connectivity index (χ1v) is 10.1. The molecule has 0 aliphatic rings. The lowest BCUT2D eigenvalue weighted by atomic mass is 10.2. The largest absolute Gasteiger partial charge is 0.353 e. The molecule has 0 atom stereocenters. The zero-order chi connectivity index (χ0) is 22.2. The molecular formula is C25H26FN3O2. The number of benzene rings is 2. The van der Waals surface area contributed by atoms with Crippen molar-refractivity contribution in [3.63, 3.8) is 0 Å². The fourth-order valence-corrected chi connectivity index (χ4v) is 3.31. The Labute approximate surface area is 182 Å². The molecule has 0 radical (unpaired) electrons. The van der Waals surface area contributed by atoms with Gasteiger partial charge in [-0.2, -0.15) is 0 Å². The first-order chi connectivity index (χ1) is 15.0. The van der Waals surface area contributed by atoms with Crippen LogP contribution in [-0.4, -0.2) is 39.3 Å². The van der Waals surface area contributed by atoms with Crippen LogP contribution in [0.2, 0.25) is 0 Å². The number of halogens is 1. The minimum Gasteiger partial charge on any atom is -0.353 e. The summed E-state index contributed by atoms with van der Waals surface area (Å²) in [4.78, 5) is 29.4. The van der Waals surface area contributed by atoms with Crippen molar-refractivity contribution in [2.75, 3.05) is 13.1 Å². The van der Waals surface area contributed by atoms with Crippen molar-refractivity contribution in [3.8, 4) is 0 Å². The van der Waals surface area contributed by atoms with Gasteiger partial charge in [-0.05, 0) is 42.0 Å². The van der Waals surface area contributed by atoms with E-state index in [1.54, 1.807) is 11.0 Å².